The molecule has 1 aromatic carbocycles. The van der Waals surface area contributed by atoms with Gasteiger partial charge in [0.25, 0.3) is 0 Å². The van der Waals surface area contributed by atoms with Crippen LogP contribution in [0.15, 0.2) is 22.7 Å². The molecule has 0 bridgehead atoms. The minimum atomic E-state index is -0.884. The van der Waals surface area contributed by atoms with Crippen molar-refractivity contribution in [2.45, 2.75) is 19.6 Å². The zero-order valence-electron chi connectivity index (χ0n) is 10.2. The minimum Gasteiger partial charge on any atom is -0.479 e. The second-order valence-electron chi connectivity index (χ2n) is 4.52. The lowest BCUT2D eigenvalue weighted by Crippen LogP contribution is -2.45. The van der Waals surface area contributed by atoms with Gasteiger partial charge in [-0.3, -0.25) is 4.90 Å². The number of carbonyl (C=O) groups is 1. The largest absolute Gasteiger partial charge is 0.479 e. The zero-order chi connectivity index (χ0) is 13.1. The lowest BCUT2D eigenvalue weighted by Gasteiger charge is -2.30. The second kappa shape index (κ2) is 5.82. The number of aliphatic carboxylic acids is 1. The molecule has 0 aliphatic carbocycles. The molecule has 1 aliphatic heterocycles. The SMILES string of the molecule is Cc1ccc(CN2CCOC(C(=O)O)C2)cc1Br. The van der Waals surface area contributed by atoms with Crippen LogP contribution < -0.4 is 0 Å². The Morgan fingerprint density at radius 3 is 3.06 bits per heavy atom. The third-order valence-corrected chi connectivity index (χ3v) is 3.92. The Kier molecular flexibility index (Phi) is 4.37. The molecule has 5 heteroatoms. The van der Waals surface area contributed by atoms with E-state index in [-0.39, 0.29) is 0 Å². The number of halogens is 1. The van der Waals surface area contributed by atoms with Crippen LogP contribution in [0.25, 0.3) is 0 Å². The highest BCUT2D eigenvalue weighted by atomic mass is 79.9. The Bertz CT molecular complexity index is 450. The van der Waals surface area contributed by atoms with Gasteiger partial charge in [-0.25, -0.2) is 4.79 Å². The van der Waals surface area contributed by atoms with Crippen LogP contribution in [0.3, 0.4) is 0 Å². The summed E-state index contributed by atoms with van der Waals surface area (Å²) >= 11 is 3.51. The van der Waals surface area contributed by atoms with Crippen molar-refractivity contribution >= 4 is 21.9 Å². The average Bonchev–Trinajstić information content (AvgIpc) is 2.34. The molecular formula is C13H16BrNO3. The number of aryl methyl sites for hydroxylation is 1. The summed E-state index contributed by atoms with van der Waals surface area (Å²) < 4.78 is 6.29. The van der Waals surface area contributed by atoms with Crippen LogP contribution in [0.4, 0.5) is 0 Å². The monoisotopic (exact) mass is 313 g/mol. The van der Waals surface area contributed by atoms with Crippen molar-refractivity contribution in [3.05, 3.63) is 33.8 Å². The molecule has 1 saturated heterocycles. The van der Waals surface area contributed by atoms with E-state index in [1.54, 1.807) is 0 Å². The van der Waals surface area contributed by atoms with E-state index in [1.165, 1.54) is 11.1 Å². The number of carboxylic acids is 1. The lowest BCUT2D eigenvalue weighted by atomic mass is 10.1. The molecule has 0 radical (unpaired) electrons. The minimum absolute atomic E-state index is 0.445. The number of nitrogens with zero attached hydrogens (tertiary/aromatic N) is 1. The van der Waals surface area contributed by atoms with Crippen LogP contribution >= 0.6 is 15.9 Å². The Balaban J connectivity index is 2.00. The number of carboxylic acid groups (broad SMARTS) is 1. The van der Waals surface area contributed by atoms with E-state index in [9.17, 15) is 4.79 Å². The van der Waals surface area contributed by atoms with E-state index in [1.807, 2.05) is 6.92 Å². The van der Waals surface area contributed by atoms with E-state index in [4.69, 9.17) is 9.84 Å². The van der Waals surface area contributed by atoms with Gasteiger partial charge in [-0.05, 0) is 24.1 Å². The molecule has 1 atom stereocenters. The summed E-state index contributed by atoms with van der Waals surface area (Å²) in [5.74, 6) is -0.884. The Labute approximate surface area is 115 Å². The van der Waals surface area contributed by atoms with Gasteiger partial charge in [0.1, 0.15) is 0 Å². The number of hydrogen-bond acceptors (Lipinski definition) is 3. The fraction of sp³-hybridized carbons (Fsp3) is 0.462. The lowest BCUT2D eigenvalue weighted by molar-refractivity contribution is -0.156. The van der Waals surface area contributed by atoms with Crippen LogP contribution in [0, 0.1) is 6.92 Å². The first-order valence-corrected chi connectivity index (χ1v) is 6.67. The van der Waals surface area contributed by atoms with Gasteiger partial charge < -0.3 is 9.84 Å². The summed E-state index contributed by atoms with van der Waals surface area (Å²) in [6.45, 7) is 4.50. The van der Waals surface area contributed by atoms with E-state index < -0.39 is 12.1 Å². The van der Waals surface area contributed by atoms with Gasteiger partial charge in [-0.15, -0.1) is 0 Å². The third-order valence-electron chi connectivity index (χ3n) is 3.07. The van der Waals surface area contributed by atoms with Crippen molar-refractivity contribution < 1.29 is 14.6 Å². The van der Waals surface area contributed by atoms with Gasteiger partial charge in [0, 0.05) is 24.1 Å². The highest BCUT2D eigenvalue weighted by molar-refractivity contribution is 9.10. The van der Waals surface area contributed by atoms with Crippen molar-refractivity contribution in [2.75, 3.05) is 19.7 Å². The Hall–Kier alpha value is -0.910. The topological polar surface area (TPSA) is 49.8 Å². The Morgan fingerprint density at radius 2 is 2.39 bits per heavy atom. The van der Waals surface area contributed by atoms with Crippen molar-refractivity contribution in [1.29, 1.82) is 0 Å². The number of benzene rings is 1. The predicted octanol–water partition coefficient (Wildman–Crippen LogP) is 2.04. The number of rotatable bonds is 3. The Morgan fingerprint density at radius 1 is 1.61 bits per heavy atom. The normalized spacial score (nSPS) is 20.9. The maximum Gasteiger partial charge on any atom is 0.334 e. The summed E-state index contributed by atoms with van der Waals surface area (Å²) in [6.07, 6.45) is -0.701. The zero-order valence-corrected chi connectivity index (χ0v) is 11.8. The molecule has 0 spiro atoms. The van der Waals surface area contributed by atoms with Crippen LogP contribution in [-0.4, -0.2) is 41.8 Å². The van der Waals surface area contributed by atoms with Crippen LogP contribution in [0.2, 0.25) is 0 Å². The fourth-order valence-electron chi connectivity index (χ4n) is 1.99. The average molecular weight is 314 g/mol. The van der Waals surface area contributed by atoms with Gasteiger partial charge in [-0.1, -0.05) is 28.1 Å². The summed E-state index contributed by atoms with van der Waals surface area (Å²) in [5, 5.41) is 8.94. The standard InChI is InChI=1S/C13H16BrNO3/c1-9-2-3-10(6-11(9)14)7-15-4-5-18-12(8-15)13(16)17/h2-3,6,12H,4-5,7-8H2,1H3,(H,16,17). The van der Waals surface area contributed by atoms with E-state index >= 15 is 0 Å². The summed E-state index contributed by atoms with van der Waals surface area (Å²) in [7, 11) is 0. The van der Waals surface area contributed by atoms with E-state index in [0.717, 1.165) is 17.6 Å². The van der Waals surface area contributed by atoms with Crippen molar-refractivity contribution in [2.24, 2.45) is 0 Å². The van der Waals surface area contributed by atoms with Crippen LogP contribution in [0.1, 0.15) is 11.1 Å². The van der Waals surface area contributed by atoms with Crippen molar-refractivity contribution in [3.63, 3.8) is 0 Å². The van der Waals surface area contributed by atoms with Crippen molar-refractivity contribution in [3.8, 4) is 0 Å². The first-order valence-electron chi connectivity index (χ1n) is 5.88. The van der Waals surface area contributed by atoms with E-state index in [0.29, 0.717) is 13.2 Å². The highest BCUT2D eigenvalue weighted by Gasteiger charge is 2.25. The molecule has 1 N–H and O–H groups in total. The van der Waals surface area contributed by atoms with Crippen molar-refractivity contribution in [1.82, 2.24) is 4.90 Å². The molecule has 0 amide bonds. The molecule has 0 aromatic heterocycles. The molecule has 98 valence electrons. The quantitative estimate of drug-likeness (QED) is 0.928. The first-order chi connectivity index (χ1) is 8.56. The molecule has 1 fully saturated rings. The molecule has 0 saturated carbocycles. The molecule has 4 nitrogen and oxygen atoms in total. The van der Waals surface area contributed by atoms with Gasteiger partial charge in [0.2, 0.25) is 0 Å². The maximum absolute atomic E-state index is 10.9. The molecule has 1 aliphatic rings. The van der Waals surface area contributed by atoms with Gasteiger partial charge in [0.05, 0.1) is 6.61 Å². The van der Waals surface area contributed by atoms with Crippen LogP contribution in [-0.2, 0) is 16.1 Å². The number of morpholine rings is 1. The highest BCUT2D eigenvalue weighted by Crippen LogP contribution is 2.19. The van der Waals surface area contributed by atoms with E-state index in [2.05, 4.69) is 39.0 Å². The summed E-state index contributed by atoms with van der Waals surface area (Å²) in [5.41, 5.74) is 2.38. The first kappa shape index (κ1) is 13.5. The molecule has 1 aromatic rings. The van der Waals surface area contributed by atoms with Gasteiger partial charge in [0.15, 0.2) is 6.10 Å². The fourth-order valence-corrected chi connectivity index (χ4v) is 2.41. The number of hydrogen-bond donors (Lipinski definition) is 1. The molecule has 2 rings (SSSR count). The number of ether oxygens (including phenoxy) is 1. The van der Waals surface area contributed by atoms with Crippen LogP contribution in [0.5, 0.6) is 0 Å². The predicted molar refractivity (Wildman–Crippen MR) is 71.5 cm³/mol. The maximum atomic E-state index is 10.9. The molecule has 18 heavy (non-hydrogen) atoms. The van der Waals surface area contributed by atoms with Gasteiger partial charge in [-0.2, -0.15) is 0 Å². The molecule has 1 unspecified atom stereocenters. The van der Waals surface area contributed by atoms with Gasteiger partial charge >= 0.3 is 5.97 Å². The summed E-state index contributed by atoms with van der Waals surface area (Å²) in [6, 6.07) is 6.22. The summed E-state index contributed by atoms with van der Waals surface area (Å²) in [4.78, 5) is 13.0. The smallest absolute Gasteiger partial charge is 0.334 e. The second-order valence-corrected chi connectivity index (χ2v) is 5.37. The third kappa shape index (κ3) is 3.31. The molecular weight excluding hydrogens is 298 g/mol. The molecule has 1 heterocycles.